The smallest absolute Gasteiger partial charge is 0.227 e. The zero-order chi connectivity index (χ0) is 17.1. The van der Waals surface area contributed by atoms with Crippen molar-refractivity contribution in [2.24, 2.45) is 0 Å². The lowest BCUT2D eigenvalue weighted by Gasteiger charge is -2.43. The summed E-state index contributed by atoms with van der Waals surface area (Å²) >= 11 is 0. The van der Waals surface area contributed by atoms with Crippen LogP contribution in [0.4, 0.5) is 4.39 Å². The molecular formula is C19H27FN2O2. The van der Waals surface area contributed by atoms with E-state index in [0.717, 1.165) is 37.9 Å². The SMILES string of the molecule is CN(C(=O)Cc1ccc(F)cc1)[C@@H]1CCC[C@@H](N2CCCC2)[C@@H]1O. The highest BCUT2D eigenvalue weighted by molar-refractivity contribution is 5.78. The highest BCUT2D eigenvalue weighted by Gasteiger charge is 2.39. The fourth-order valence-corrected chi connectivity index (χ4v) is 4.12. The molecule has 1 aromatic rings. The van der Waals surface area contributed by atoms with Crippen molar-refractivity contribution in [3.63, 3.8) is 0 Å². The van der Waals surface area contributed by atoms with Crippen LogP contribution in [0.15, 0.2) is 24.3 Å². The number of amides is 1. The van der Waals surface area contributed by atoms with Gasteiger partial charge in [-0.1, -0.05) is 12.1 Å². The Morgan fingerprint density at radius 1 is 1.21 bits per heavy atom. The Morgan fingerprint density at radius 2 is 1.88 bits per heavy atom. The third-order valence-electron chi connectivity index (χ3n) is 5.56. The summed E-state index contributed by atoms with van der Waals surface area (Å²) in [5.74, 6) is -0.316. The Morgan fingerprint density at radius 3 is 2.54 bits per heavy atom. The largest absolute Gasteiger partial charge is 0.389 e. The van der Waals surface area contributed by atoms with Gasteiger partial charge in [-0.2, -0.15) is 0 Å². The van der Waals surface area contributed by atoms with Crippen LogP contribution in [0, 0.1) is 5.82 Å². The number of carbonyl (C=O) groups excluding carboxylic acids is 1. The zero-order valence-corrected chi connectivity index (χ0v) is 14.3. The average Bonchev–Trinajstić information content (AvgIpc) is 3.11. The number of likely N-dealkylation sites (N-methyl/N-ethyl adjacent to an activating group) is 1. The molecule has 5 heteroatoms. The van der Waals surface area contributed by atoms with Crippen molar-refractivity contribution >= 4 is 5.91 Å². The molecule has 1 aliphatic heterocycles. The van der Waals surface area contributed by atoms with Crippen LogP contribution in [0.2, 0.25) is 0 Å². The number of aliphatic hydroxyl groups excluding tert-OH is 1. The van der Waals surface area contributed by atoms with Gasteiger partial charge in [0.25, 0.3) is 0 Å². The van der Waals surface area contributed by atoms with Gasteiger partial charge in [0.2, 0.25) is 5.91 Å². The lowest BCUT2D eigenvalue weighted by Crippen LogP contribution is -2.56. The third kappa shape index (κ3) is 3.78. The van der Waals surface area contributed by atoms with Crippen LogP contribution in [0.3, 0.4) is 0 Å². The lowest BCUT2D eigenvalue weighted by molar-refractivity contribution is -0.136. The molecule has 1 N–H and O–H groups in total. The minimum atomic E-state index is -0.487. The van der Waals surface area contributed by atoms with Gasteiger partial charge in [0.15, 0.2) is 0 Å². The highest BCUT2D eigenvalue weighted by atomic mass is 19.1. The summed E-state index contributed by atoms with van der Waals surface area (Å²) in [6, 6.07) is 6.09. The first-order valence-corrected chi connectivity index (χ1v) is 8.98. The lowest BCUT2D eigenvalue weighted by atomic mass is 9.86. The number of rotatable bonds is 4. The molecule has 132 valence electrons. The van der Waals surface area contributed by atoms with E-state index in [0.29, 0.717) is 0 Å². The second-order valence-corrected chi connectivity index (χ2v) is 7.11. The number of likely N-dealkylation sites (tertiary alicyclic amines) is 1. The molecule has 1 saturated heterocycles. The fourth-order valence-electron chi connectivity index (χ4n) is 4.12. The van der Waals surface area contributed by atoms with Crippen LogP contribution in [0.25, 0.3) is 0 Å². The molecule has 1 heterocycles. The molecule has 2 aliphatic rings. The van der Waals surface area contributed by atoms with Gasteiger partial charge in [0, 0.05) is 13.1 Å². The average molecular weight is 334 g/mol. The predicted molar refractivity (Wildman–Crippen MR) is 91.1 cm³/mol. The third-order valence-corrected chi connectivity index (χ3v) is 5.56. The molecule has 4 nitrogen and oxygen atoms in total. The maximum Gasteiger partial charge on any atom is 0.227 e. The topological polar surface area (TPSA) is 43.8 Å². The first-order chi connectivity index (χ1) is 11.6. The summed E-state index contributed by atoms with van der Waals surface area (Å²) in [5, 5.41) is 10.8. The monoisotopic (exact) mass is 334 g/mol. The fraction of sp³-hybridized carbons (Fsp3) is 0.632. The molecule has 0 aromatic heterocycles. The maximum absolute atomic E-state index is 13.0. The van der Waals surface area contributed by atoms with Crippen molar-refractivity contribution in [2.75, 3.05) is 20.1 Å². The van der Waals surface area contributed by atoms with Gasteiger partial charge in [-0.05, 0) is 62.9 Å². The number of hydrogen-bond acceptors (Lipinski definition) is 3. The van der Waals surface area contributed by atoms with E-state index >= 15 is 0 Å². The van der Waals surface area contributed by atoms with Crippen molar-refractivity contribution < 1.29 is 14.3 Å². The number of benzene rings is 1. The molecular weight excluding hydrogens is 307 g/mol. The minimum absolute atomic E-state index is 0.0206. The van der Waals surface area contributed by atoms with Gasteiger partial charge >= 0.3 is 0 Å². The van der Waals surface area contributed by atoms with Crippen molar-refractivity contribution in [3.8, 4) is 0 Å². The first-order valence-electron chi connectivity index (χ1n) is 8.98. The van der Waals surface area contributed by atoms with Gasteiger partial charge in [-0.25, -0.2) is 4.39 Å². The standard InChI is InChI=1S/C19H27FN2O2/c1-21(18(23)13-14-7-9-15(20)10-8-14)16-5-4-6-17(19(16)24)22-11-2-3-12-22/h7-10,16-17,19,24H,2-6,11-13H2,1H3/t16-,17-,19-/m1/s1. The second kappa shape index (κ2) is 7.62. The number of nitrogens with zero attached hydrogens (tertiary/aromatic N) is 2. The van der Waals surface area contributed by atoms with E-state index in [4.69, 9.17) is 0 Å². The van der Waals surface area contributed by atoms with E-state index in [9.17, 15) is 14.3 Å². The molecule has 0 bridgehead atoms. The van der Waals surface area contributed by atoms with E-state index in [1.165, 1.54) is 25.0 Å². The number of hydrogen-bond donors (Lipinski definition) is 1. The van der Waals surface area contributed by atoms with E-state index in [1.54, 1.807) is 24.1 Å². The summed E-state index contributed by atoms with van der Waals surface area (Å²) in [6.45, 7) is 2.11. The Hall–Kier alpha value is -1.46. The molecule has 0 radical (unpaired) electrons. The Labute approximate surface area is 143 Å². The number of halogens is 1. The van der Waals surface area contributed by atoms with E-state index in [1.807, 2.05) is 0 Å². The van der Waals surface area contributed by atoms with Gasteiger partial charge < -0.3 is 10.0 Å². The zero-order valence-electron chi connectivity index (χ0n) is 14.3. The van der Waals surface area contributed by atoms with Crippen LogP contribution in [0.1, 0.15) is 37.7 Å². The normalized spacial score (nSPS) is 28.0. The van der Waals surface area contributed by atoms with Crippen LogP contribution >= 0.6 is 0 Å². The van der Waals surface area contributed by atoms with E-state index < -0.39 is 6.10 Å². The van der Waals surface area contributed by atoms with Crippen LogP contribution in [0.5, 0.6) is 0 Å². The molecule has 24 heavy (non-hydrogen) atoms. The Kier molecular flexibility index (Phi) is 5.51. The Balaban J connectivity index is 1.63. The molecule has 0 spiro atoms. The number of carbonyl (C=O) groups is 1. The quantitative estimate of drug-likeness (QED) is 0.918. The predicted octanol–water partition coefficient (Wildman–Crippen LogP) is 2.20. The highest BCUT2D eigenvalue weighted by Crippen LogP contribution is 2.29. The molecule has 2 fully saturated rings. The van der Waals surface area contributed by atoms with Crippen molar-refractivity contribution in [2.45, 2.75) is 56.7 Å². The molecule has 1 aliphatic carbocycles. The summed E-state index contributed by atoms with van der Waals surface area (Å²) < 4.78 is 13.0. The molecule has 1 saturated carbocycles. The van der Waals surface area contributed by atoms with Crippen molar-refractivity contribution in [3.05, 3.63) is 35.6 Å². The second-order valence-electron chi connectivity index (χ2n) is 7.11. The van der Waals surface area contributed by atoms with Gasteiger partial charge in [-0.15, -0.1) is 0 Å². The molecule has 1 amide bonds. The van der Waals surface area contributed by atoms with Crippen molar-refractivity contribution in [1.82, 2.24) is 9.80 Å². The van der Waals surface area contributed by atoms with Gasteiger partial charge in [0.1, 0.15) is 5.82 Å². The van der Waals surface area contributed by atoms with E-state index in [2.05, 4.69) is 4.90 Å². The summed E-state index contributed by atoms with van der Waals surface area (Å²) in [6.07, 6.45) is 5.06. The van der Waals surface area contributed by atoms with Gasteiger partial charge in [-0.3, -0.25) is 9.69 Å². The minimum Gasteiger partial charge on any atom is -0.389 e. The van der Waals surface area contributed by atoms with Crippen LogP contribution < -0.4 is 0 Å². The summed E-state index contributed by atoms with van der Waals surface area (Å²) in [5.41, 5.74) is 0.801. The molecule has 1 aromatic carbocycles. The van der Waals surface area contributed by atoms with Gasteiger partial charge in [0.05, 0.1) is 18.6 Å². The summed E-state index contributed by atoms with van der Waals surface area (Å²) in [4.78, 5) is 16.7. The van der Waals surface area contributed by atoms with Crippen LogP contribution in [-0.2, 0) is 11.2 Å². The summed E-state index contributed by atoms with van der Waals surface area (Å²) in [7, 11) is 1.78. The number of aliphatic hydroxyl groups is 1. The Bertz CT molecular complexity index is 557. The molecule has 0 unspecified atom stereocenters. The van der Waals surface area contributed by atoms with E-state index in [-0.39, 0.29) is 30.2 Å². The molecule has 3 rings (SSSR count). The molecule has 3 atom stereocenters. The van der Waals surface area contributed by atoms with Crippen molar-refractivity contribution in [1.29, 1.82) is 0 Å². The van der Waals surface area contributed by atoms with Crippen LogP contribution in [-0.4, -0.2) is 59.1 Å². The first kappa shape index (κ1) is 17.4. The maximum atomic E-state index is 13.0.